The van der Waals surface area contributed by atoms with Crippen LogP contribution in [0.2, 0.25) is 0 Å². The zero-order valence-electron chi connectivity index (χ0n) is 10.3. The number of aliphatic hydroxyl groups excluding tert-OH is 1. The Labute approximate surface area is 98.6 Å². The maximum absolute atomic E-state index is 9.55. The molecule has 1 atom stereocenters. The lowest BCUT2D eigenvalue weighted by Gasteiger charge is -2.39. The van der Waals surface area contributed by atoms with Gasteiger partial charge in [-0.2, -0.15) is 0 Å². The molecule has 0 aromatic carbocycles. The lowest BCUT2D eigenvalue weighted by molar-refractivity contribution is 0.0928. The maximum Gasteiger partial charge on any atom is 0.0505 e. The van der Waals surface area contributed by atoms with Gasteiger partial charge < -0.3 is 10.8 Å². The van der Waals surface area contributed by atoms with E-state index in [1.165, 1.54) is 57.8 Å². The van der Waals surface area contributed by atoms with Crippen molar-refractivity contribution in [3.05, 3.63) is 0 Å². The van der Waals surface area contributed by atoms with Crippen molar-refractivity contribution in [2.75, 3.05) is 13.2 Å². The molecule has 3 aliphatic carbocycles. The predicted molar refractivity (Wildman–Crippen MR) is 65.0 cm³/mol. The Hall–Kier alpha value is -0.0800. The molecule has 0 radical (unpaired) electrons. The van der Waals surface area contributed by atoms with Crippen molar-refractivity contribution in [2.24, 2.45) is 22.0 Å². The largest absolute Gasteiger partial charge is 0.396 e. The first kappa shape index (κ1) is 11.0. The molecule has 16 heavy (non-hydrogen) atoms. The molecule has 0 aromatic rings. The van der Waals surface area contributed by atoms with Crippen LogP contribution in [0, 0.1) is 16.2 Å². The van der Waals surface area contributed by atoms with Crippen LogP contribution in [0.4, 0.5) is 0 Å². The minimum absolute atomic E-state index is 0.118. The summed E-state index contributed by atoms with van der Waals surface area (Å²) in [5.74, 6) is 0. The maximum atomic E-state index is 9.55. The molecule has 3 aliphatic rings. The van der Waals surface area contributed by atoms with Crippen molar-refractivity contribution in [3.8, 4) is 0 Å². The van der Waals surface area contributed by atoms with E-state index in [0.717, 1.165) is 0 Å². The average molecular weight is 223 g/mol. The summed E-state index contributed by atoms with van der Waals surface area (Å²) in [4.78, 5) is 0. The quantitative estimate of drug-likeness (QED) is 0.755. The summed E-state index contributed by atoms with van der Waals surface area (Å²) >= 11 is 0. The molecule has 1 unspecified atom stereocenters. The van der Waals surface area contributed by atoms with E-state index in [1.807, 2.05) is 0 Å². The molecule has 2 heteroatoms. The number of nitrogens with two attached hydrogens (primary N) is 1. The Bertz CT molecular complexity index is 266. The van der Waals surface area contributed by atoms with E-state index in [9.17, 15) is 5.11 Å². The Kier molecular flexibility index (Phi) is 2.38. The minimum atomic E-state index is 0.118. The molecule has 3 N–H and O–H groups in total. The SMILES string of the molecule is NCC1(CO)CC12CCC1(CCCC1)CC2. The van der Waals surface area contributed by atoms with Gasteiger partial charge in [0.1, 0.15) is 0 Å². The topological polar surface area (TPSA) is 46.2 Å². The number of hydrogen-bond donors (Lipinski definition) is 2. The van der Waals surface area contributed by atoms with Crippen molar-refractivity contribution in [3.63, 3.8) is 0 Å². The third-order valence-electron chi connectivity index (χ3n) is 6.30. The fourth-order valence-corrected chi connectivity index (χ4v) is 4.77. The molecule has 0 heterocycles. The Morgan fingerprint density at radius 3 is 2.00 bits per heavy atom. The van der Waals surface area contributed by atoms with Gasteiger partial charge in [0.15, 0.2) is 0 Å². The standard InChI is InChI=1S/C14H25NO/c15-10-14(11-16)9-13(14)7-5-12(6-8-13)3-1-2-4-12/h16H,1-11,15H2. The summed E-state index contributed by atoms with van der Waals surface area (Å²) in [6.45, 7) is 1.01. The first-order chi connectivity index (χ1) is 7.70. The van der Waals surface area contributed by atoms with Crippen molar-refractivity contribution >= 4 is 0 Å². The second kappa shape index (κ2) is 3.46. The van der Waals surface area contributed by atoms with Crippen LogP contribution in [0.15, 0.2) is 0 Å². The molecular formula is C14H25NO. The van der Waals surface area contributed by atoms with Crippen LogP contribution < -0.4 is 5.73 Å². The Balaban J connectivity index is 1.67. The second-order valence-electron chi connectivity index (χ2n) is 6.81. The molecule has 3 saturated carbocycles. The monoisotopic (exact) mass is 223 g/mol. The molecule has 0 aliphatic heterocycles. The third kappa shape index (κ3) is 1.32. The van der Waals surface area contributed by atoms with Gasteiger partial charge in [-0.15, -0.1) is 0 Å². The normalized spacial score (nSPS) is 39.4. The van der Waals surface area contributed by atoms with Gasteiger partial charge in [0.05, 0.1) is 6.61 Å². The first-order valence-electron chi connectivity index (χ1n) is 7.01. The summed E-state index contributed by atoms with van der Waals surface area (Å²) in [7, 11) is 0. The molecule has 0 bridgehead atoms. The van der Waals surface area contributed by atoms with Gasteiger partial charge in [0.25, 0.3) is 0 Å². The van der Waals surface area contributed by atoms with Crippen molar-refractivity contribution in [1.82, 2.24) is 0 Å². The molecule has 92 valence electrons. The summed E-state index contributed by atoms with van der Waals surface area (Å²) in [6.07, 6.45) is 12.5. The van der Waals surface area contributed by atoms with E-state index in [1.54, 1.807) is 0 Å². The number of rotatable bonds is 2. The summed E-state index contributed by atoms with van der Waals surface area (Å²) < 4.78 is 0. The van der Waals surface area contributed by atoms with E-state index in [-0.39, 0.29) is 5.41 Å². The van der Waals surface area contributed by atoms with Gasteiger partial charge in [0.2, 0.25) is 0 Å². The van der Waals surface area contributed by atoms with Crippen LogP contribution in [0.5, 0.6) is 0 Å². The van der Waals surface area contributed by atoms with E-state index in [0.29, 0.717) is 24.0 Å². The van der Waals surface area contributed by atoms with E-state index in [4.69, 9.17) is 5.73 Å². The van der Waals surface area contributed by atoms with E-state index < -0.39 is 0 Å². The third-order valence-corrected chi connectivity index (χ3v) is 6.30. The first-order valence-corrected chi connectivity index (χ1v) is 7.01. The molecule has 0 saturated heterocycles. The fourth-order valence-electron chi connectivity index (χ4n) is 4.77. The minimum Gasteiger partial charge on any atom is -0.396 e. The van der Waals surface area contributed by atoms with Crippen LogP contribution in [0.25, 0.3) is 0 Å². The summed E-state index contributed by atoms with van der Waals surface area (Å²) in [6, 6.07) is 0. The molecular weight excluding hydrogens is 198 g/mol. The smallest absolute Gasteiger partial charge is 0.0505 e. The van der Waals surface area contributed by atoms with E-state index >= 15 is 0 Å². The van der Waals surface area contributed by atoms with E-state index in [2.05, 4.69) is 0 Å². The highest BCUT2D eigenvalue weighted by Gasteiger charge is 2.66. The predicted octanol–water partition coefficient (Wildman–Crippen LogP) is 2.45. The molecule has 0 amide bonds. The highest BCUT2D eigenvalue weighted by Crippen LogP contribution is 2.72. The zero-order chi connectivity index (χ0) is 11.3. The highest BCUT2D eigenvalue weighted by atomic mass is 16.3. The zero-order valence-corrected chi connectivity index (χ0v) is 10.3. The van der Waals surface area contributed by atoms with Crippen LogP contribution >= 0.6 is 0 Å². The van der Waals surface area contributed by atoms with Crippen LogP contribution in [-0.4, -0.2) is 18.3 Å². The summed E-state index contributed by atoms with van der Waals surface area (Å²) in [5.41, 5.74) is 7.15. The Morgan fingerprint density at radius 2 is 1.56 bits per heavy atom. The van der Waals surface area contributed by atoms with Gasteiger partial charge >= 0.3 is 0 Å². The molecule has 0 aromatic heterocycles. The van der Waals surface area contributed by atoms with Gasteiger partial charge in [-0.1, -0.05) is 12.8 Å². The highest BCUT2D eigenvalue weighted by molar-refractivity contribution is 5.17. The van der Waals surface area contributed by atoms with Crippen molar-refractivity contribution in [2.45, 2.75) is 57.8 Å². The van der Waals surface area contributed by atoms with Gasteiger partial charge in [-0.05, 0) is 55.8 Å². The average Bonchev–Trinajstić information content (AvgIpc) is 2.72. The second-order valence-corrected chi connectivity index (χ2v) is 6.81. The van der Waals surface area contributed by atoms with Crippen LogP contribution in [0.3, 0.4) is 0 Å². The van der Waals surface area contributed by atoms with Crippen molar-refractivity contribution < 1.29 is 5.11 Å². The molecule has 2 nitrogen and oxygen atoms in total. The van der Waals surface area contributed by atoms with Gasteiger partial charge in [0, 0.05) is 12.0 Å². The van der Waals surface area contributed by atoms with Crippen molar-refractivity contribution in [1.29, 1.82) is 0 Å². The number of hydrogen-bond acceptors (Lipinski definition) is 2. The summed E-state index contributed by atoms with van der Waals surface area (Å²) in [5, 5.41) is 9.55. The number of aliphatic hydroxyl groups is 1. The van der Waals surface area contributed by atoms with Crippen LogP contribution in [-0.2, 0) is 0 Å². The molecule has 3 fully saturated rings. The molecule has 2 spiro atoms. The fraction of sp³-hybridized carbons (Fsp3) is 1.00. The molecule has 3 rings (SSSR count). The lowest BCUT2D eigenvalue weighted by atomic mass is 9.66. The lowest BCUT2D eigenvalue weighted by Crippen LogP contribution is -2.33. The van der Waals surface area contributed by atoms with Gasteiger partial charge in [-0.3, -0.25) is 0 Å². The Morgan fingerprint density at radius 1 is 0.938 bits per heavy atom. The van der Waals surface area contributed by atoms with Crippen LogP contribution in [0.1, 0.15) is 57.8 Å². The van der Waals surface area contributed by atoms with Gasteiger partial charge in [-0.25, -0.2) is 0 Å².